The van der Waals surface area contributed by atoms with Crippen molar-refractivity contribution in [2.24, 2.45) is 11.1 Å². The minimum absolute atomic E-state index is 0.0916. The number of benzene rings is 1. The van der Waals surface area contributed by atoms with Crippen molar-refractivity contribution in [2.45, 2.75) is 19.3 Å². The van der Waals surface area contributed by atoms with Crippen LogP contribution in [0, 0.1) is 15.5 Å². The maximum Gasteiger partial charge on any atom is 0.269 e. The number of nitro benzene ring substituents is 1. The van der Waals surface area contributed by atoms with Crippen LogP contribution in [0.3, 0.4) is 0 Å². The molecule has 2 N–H and O–H groups in total. The van der Waals surface area contributed by atoms with Gasteiger partial charge in [0.15, 0.2) is 0 Å². The molecule has 0 saturated carbocycles. The van der Waals surface area contributed by atoms with Crippen LogP contribution in [0.5, 0.6) is 0 Å². The highest BCUT2D eigenvalue weighted by Gasteiger charge is 2.31. The summed E-state index contributed by atoms with van der Waals surface area (Å²) in [6.45, 7) is 2.14. The van der Waals surface area contributed by atoms with Crippen LogP contribution in [0.25, 0.3) is 0 Å². The first-order valence-corrected chi connectivity index (χ1v) is 6.16. The zero-order valence-electron chi connectivity index (χ0n) is 10.3. The number of hydrogen-bond acceptors (Lipinski definition) is 4. The number of hydrogen-bond donors (Lipinski definition) is 1. The van der Waals surface area contributed by atoms with Gasteiger partial charge in [-0.3, -0.25) is 10.1 Å². The highest BCUT2D eigenvalue weighted by atomic mass is 16.6. The Morgan fingerprint density at radius 3 is 2.39 bits per heavy atom. The lowest BCUT2D eigenvalue weighted by Gasteiger charge is -2.36. The molecule has 1 aliphatic heterocycles. The van der Waals surface area contributed by atoms with Crippen molar-refractivity contribution in [3.63, 3.8) is 0 Å². The molecule has 1 heterocycles. The van der Waals surface area contributed by atoms with Crippen molar-refractivity contribution < 1.29 is 9.66 Å². The Kier molecular flexibility index (Phi) is 3.93. The largest absolute Gasteiger partial charge is 0.381 e. The molecule has 18 heavy (non-hydrogen) atoms. The first-order valence-electron chi connectivity index (χ1n) is 6.16. The van der Waals surface area contributed by atoms with E-state index in [-0.39, 0.29) is 16.0 Å². The van der Waals surface area contributed by atoms with Gasteiger partial charge < -0.3 is 10.5 Å². The van der Waals surface area contributed by atoms with Gasteiger partial charge in [-0.05, 0) is 36.8 Å². The van der Waals surface area contributed by atoms with Crippen molar-refractivity contribution in [2.75, 3.05) is 19.8 Å². The van der Waals surface area contributed by atoms with Crippen molar-refractivity contribution in [3.8, 4) is 0 Å². The third-order valence-corrected chi connectivity index (χ3v) is 3.71. The Bertz CT molecular complexity index is 411. The van der Waals surface area contributed by atoms with E-state index in [0.29, 0.717) is 6.54 Å². The molecule has 0 aliphatic carbocycles. The molecular formula is C13H18N2O3. The summed E-state index contributed by atoms with van der Waals surface area (Å²) in [4.78, 5) is 10.2. The summed E-state index contributed by atoms with van der Waals surface area (Å²) in [6.07, 6.45) is 2.78. The summed E-state index contributed by atoms with van der Waals surface area (Å²) in [5, 5.41) is 10.6. The van der Waals surface area contributed by atoms with E-state index in [0.717, 1.165) is 38.0 Å². The second-order valence-corrected chi connectivity index (χ2v) is 4.92. The lowest BCUT2D eigenvalue weighted by atomic mass is 9.75. The Morgan fingerprint density at radius 1 is 1.28 bits per heavy atom. The summed E-state index contributed by atoms with van der Waals surface area (Å²) >= 11 is 0. The van der Waals surface area contributed by atoms with Gasteiger partial charge in [0, 0.05) is 25.3 Å². The fourth-order valence-electron chi connectivity index (χ4n) is 2.43. The molecule has 1 saturated heterocycles. The maximum absolute atomic E-state index is 10.6. The number of rotatable bonds is 4. The predicted molar refractivity (Wildman–Crippen MR) is 68.3 cm³/mol. The molecule has 1 aromatic carbocycles. The molecule has 5 nitrogen and oxygen atoms in total. The van der Waals surface area contributed by atoms with Crippen LogP contribution in [0.4, 0.5) is 5.69 Å². The Morgan fingerprint density at radius 2 is 1.89 bits per heavy atom. The molecule has 0 amide bonds. The highest BCUT2D eigenvalue weighted by Crippen LogP contribution is 2.33. The lowest BCUT2D eigenvalue weighted by Crippen LogP contribution is -2.38. The van der Waals surface area contributed by atoms with Crippen molar-refractivity contribution >= 4 is 5.69 Å². The first kappa shape index (κ1) is 13.0. The Balaban J connectivity index is 2.09. The van der Waals surface area contributed by atoms with Gasteiger partial charge in [0.25, 0.3) is 5.69 Å². The molecule has 2 rings (SSSR count). The summed E-state index contributed by atoms with van der Waals surface area (Å²) < 4.78 is 5.37. The SMILES string of the molecule is NCC1(Cc2ccc([N+](=O)[O-])cc2)CCOCC1. The smallest absolute Gasteiger partial charge is 0.269 e. The van der Waals surface area contributed by atoms with E-state index in [4.69, 9.17) is 10.5 Å². The third-order valence-electron chi connectivity index (χ3n) is 3.71. The molecule has 5 heteroatoms. The average molecular weight is 250 g/mol. The van der Waals surface area contributed by atoms with E-state index in [1.54, 1.807) is 12.1 Å². The van der Waals surface area contributed by atoms with E-state index >= 15 is 0 Å². The number of ether oxygens (including phenoxy) is 1. The zero-order chi connectivity index (χ0) is 13.0. The van der Waals surface area contributed by atoms with E-state index in [1.165, 1.54) is 0 Å². The Hall–Kier alpha value is -1.46. The number of non-ortho nitro benzene ring substituents is 1. The number of nitrogens with zero attached hydrogens (tertiary/aromatic N) is 1. The minimum atomic E-state index is -0.378. The first-order chi connectivity index (χ1) is 8.65. The van der Waals surface area contributed by atoms with E-state index in [1.807, 2.05) is 12.1 Å². The number of nitrogens with two attached hydrogens (primary N) is 1. The van der Waals surface area contributed by atoms with Gasteiger partial charge in [-0.15, -0.1) is 0 Å². The average Bonchev–Trinajstić information content (AvgIpc) is 2.40. The van der Waals surface area contributed by atoms with Crippen LogP contribution in [-0.4, -0.2) is 24.7 Å². The van der Waals surface area contributed by atoms with E-state index in [9.17, 15) is 10.1 Å². The molecule has 1 aliphatic rings. The van der Waals surface area contributed by atoms with Gasteiger partial charge in [-0.2, -0.15) is 0 Å². The molecule has 0 radical (unpaired) electrons. The minimum Gasteiger partial charge on any atom is -0.381 e. The van der Waals surface area contributed by atoms with Crippen LogP contribution < -0.4 is 5.73 Å². The van der Waals surface area contributed by atoms with E-state index < -0.39 is 0 Å². The van der Waals surface area contributed by atoms with Gasteiger partial charge >= 0.3 is 0 Å². The Labute approximate surface area is 106 Å². The van der Waals surface area contributed by atoms with Gasteiger partial charge in [-0.1, -0.05) is 12.1 Å². The zero-order valence-corrected chi connectivity index (χ0v) is 10.3. The molecule has 0 aromatic heterocycles. The van der Waals surface area contributed by atoms with Gasteiger partial charge in [0.05, 0.1) is 4.92 Å². The molecular weight excluding hydrogens is 232 g/mol. The molecule has 0 bridgehead atoms. The highest BCUT2D eigenvalue weighted by molar-refractivity contribution is 5.33. The van der Waals surface area contributed by atoms with Crippen LogP contribution in [0.2, 0.25) is 0 Å². The maximum atomic E-state index is 10.6. The fourth-order valence-corrected chi connectivity index (χ4v) is 2.43. The van der Waals surface area contributed by atoms with Crippen molar-refractivity contribution in [3.05, 3.63) is 39.9 Å². The molecule has 1 aromatic rings. The van der Waals surface area contributed by atoms with Crippen molar-refractivity contribution in [1.29, 1.82) is 0 Å². The molecule has 1 fully saturated rings. The van der Waals surface area contributed by atoms with E-state index in [2.05, 4.69) is 0 Å². The van der Waals surface area contributed by atoms with Crippen LogP contribution in [0.1, 0.15) is 18.4 Å². The second-order valence-electron chi connectivity index (χ2n) is 4.92. The van der Waals surface area contributed by atoms with Gasteiger partial charge in [0.1, 0.15) is 0 Å². The summed E-state index contributed by atoms with van der Waals surface area (Å²) in [7, 11) is 0. The summed E-state index contributed by atoms with van der Waals surface area (Å²) in [6, 6.07) is 6.76. The third kappa shape index (κ3) is 2.86. The van der Waals surface area contributed by atoms with Crippen LogP contribution in [-0.2, 0) is 11.2 Å². The summed E-state index contributed by atoms with van der Waals surface area (Å²) in [5.74, 6) is 0. The van der Waals surface area contributed by atoms with Crippen molar-refractivity contribution in [1.82, 2.24) is 0 Å². The van der Waals surface area contributed by atoms with Gasteiger partial charge in [-0.25, -0.2) is 0 Å². The predicted octanol–water partition coefficient (Wildman–Crippen LogP) is 1.89. The topological polar surface area (TPSA) is 78.4 Å². The van der Waals surface area contributed by atoms with Crippen LogP contribution in [0.15, 0.2) is 24.3 Å². The molecule has 0 unspecified atom stereocenters. The monoisotopic (exact) mass is 250 g/mol. The molecule has 0 atom stereocenters. The quantitative estimate of drug-likeness (QED) is 0.653. The fraction of sp³-hybridized carbons (Fsp3) is 0.538. The summed E-state index contributed by atoms with van der Waals surface area (Å²) in [5.41, 5.74) is 7.23. The lowest BCUT2D eigenvalue weighted by molar-refractivity contribution is -0.384. The van der Waals surface area contributed by atoms with Gasteiger partial charge in [0.2, 0.25) is 0 Å². The number of nitro groups is 1. The normalized spacial score (nSPS) is 18.5. The second kappa shape index (κ2) is 5.46. The molecule has 0 spiro atoms. The molecule has 98 valence electrons. The van der Waals surface area contributed by atoms with Crippen LogP contribution >= 0.6 is 0 Å². The standard InChI is InChI=1S/C13H18N2O3/c14-10-13(5-7-18-8-6-13)9-11-1-3-12(4-2-11)15(16)17/h1-4H,5-10,14H2.